The van der Waals surface area contributed by atoms with Crippen molar-refractivity contribution in [2.45, 2.75) is 37.9 Å². The highest BCUT2D eigenvalue weighted by molar-refractivity contribution is 5.91. The van der Waals surface area contributed by atoms with Gasteiger partial charge in [-0.3, -0.25) is 4.79 Å². The summed E-state index contributed by atoms with van der Waals surface area (Å²) in [4.78, 5) is 12.0. The molecule has 0 aliphatic heterocycles. The normalized spacial score (nSPS) is 15.3. The maximum absolute atomic E-state index is 12.5. The van der Waals surface area contributed by atoms with Crippen molar-refractivity contribution < 1.29 is 22.7 Å². The van der Waals surface area contributed by atoms with Gasteiger partial charge in [-0.25, -0.2) is 4.68 Å². The fourth-order valence-electron chi connectivity index (χ4n) is 2.92. The average Bonchev–Trinajstić information content (AvgIpc) is 3.23. The highest BCUT2D eigenvalue weighted by Gasteiger charge is 2.30. The van der Waals surface area contributed by atoms with Crippen LogP contribution in [0.1, 0.15) is 37.3 Å². The van der Waals surface area contributed by atoms with Gasteiger partial charge in [-0.05, 0) is 37.1 Å². The molecule has 1 heterocycles. The smallest absolute Gasteiger partial charge is 0.416 e. The molecule has 1 amide bonds. The average molecular weight is 353 g/mol. The van der Waals surface area contributed by atoms with Gasteiger partial charge in [0.15, 0.2) is 6.61 Å². The van der Waals surface area contributed by atoms with Crippen molar-refractivity contribution in [1.82, 2.24) is 9.78 Å². The van der Waals surface area contributed by atoms with Crippen LogP contribution < -0.4 is 10.1 Å². The van der Waals surface area contributed by atoms with E-state index in [1.54, 1.807) is 12.3 Å². The van der Waals surface area contributed by atoms with Crippen molar-refractivity contribution >= 4 is 11.7 Å². The first-order valence-electron chi connectivity index (χ1n) is 8.07. The summed E-state index contributed by atoms with van der Waals surface area (Å²) in [5.41, 5.74) is -0.759. The number of amides is 1. The number of rotatable bonds is 5. The van der Waals surface area contributed by atoms with E-state index in [-0.39, 0.29) is 18.3 Å². The first-order valence-corrected chi connectivity index (χ1v) is 8.07. The molecular weight excluding hydrogens is 335 g/mol. The molecule has 134 valence electrons. The Morgan fingerprint density at radius 2 is 1.88 bits per heavy atom. The molecule has 1 saturated carbocycles. The second-order valence-electron chi connectivity index (χ2n) is 5.96. The van der Waals surface area contributed by atoms with Gasteiger partial charge in [0.2, 0.25) is 0 Å². The summed E-state index contributed by atoms with van der Waals surface area (Å²) in [6, 6.07) is 6.23. The van der Waals surface area contributed by atoms with Crippen LogP contribution in [0.2, 0.25) is 0 Å². The fourth-order valence-corrected chi connectivity index (χ4v) is 2.92. The molecule has 0 saturated heterocycles. The molecule has 0 unspecified atom stereocenters. The minimum absolute atomic E-state index is 0.201. The van der Waals surface area contributed by atoms with Crippen molar-refractivity contribution in [3.63, 3.8) is 0 Å². The van der Waals surface area contributed by atoms with Crippen LogP contribution in [-0.2, 0) is 11.0 Å². The highest BCUT2D eigenvalue weighted by Crippen LogP contribution is 2.31. The van der Waals surface area contributed by atoms with E-state index >= 15 is 0 Å². The topological polar surface area (TPSA) is 56.1 Å². The molecule has 3 rings (SSSR count). The van der Waals surface area contributed by atoms with Gasteiger partial charge in [0.05, 0.1) is 17.8 Å². The maximum Gasteiger partial charge on any atom is 0.416 e. The number of carbonyl (C=O) groups excluding carboxylic acids is 1. The van der Waals surface area contributed by atoms with Gasteiger partial charge >= 0.3 is 6.18 Å². The number of nitrogens with one attached hydrogen (secondary N) is 1. The monoisotopic (exact) mass is 353 g/mol. The molecule has 5 nitrogen and oxygen atoms in total. The molecule has 1 fully saturated rings. The third kappa shape index (κ3) is 4.32. The lowest BCUT2D eigenvalue weighted by atomic mass is 10.2. The van der Waals surface area contributed by atoms with Crippen molar-refractivity contribution in [2.75, 3.05) is 11.9 Å². The molecule has 1 aliphatic rings. The number of aromatic nitrogens is 2. The quantitative estimate of drug-likeness (QED) is 0.883. The second-order valence-corrected chi connectivity index (χ2v) is 5.96. The third-order valence-corrected chi connectivity index (χ3v) is 4.16. The largest absolute Gasteiger partial charge is 0.484 e. The Labute approximate surface area is 142 Å². The number of benzene rings is 1. The van der Waals surface area contributed by atoms with Gasteiger partial charge in [0.25, 0.3) is 5.91 Å². The summed E-state index contributed by atoms with van der Waals surface area (Å²) in [5, 5.41) is 6.99. The van der Waals surface area contributed by atoms with E-state index in [4.69, 9.17) is 4.74 Å². The molecule has 1 aliphatic carbocycles. The van der Waals surface area contributed by atoms with Crippen LogP contribution in [0.15, 0.2) is 36.5 Å². The molecule has 1 N–H and O–H groups in total. The van der Waals surface area contributed by atoms with Crippen LogP contribution in [-0.4, -0.2) is 22.3 Å². The molecule has 0 spiro atoms. The predicted molar refractivity (Wildman–Crippen MR) is 85.3 cm³/mol. The van der Waals surface area contributed by atoms with Gasteiger partial charge in [-0.15, -0.1) is 0 Å². The molecule has 8 heteroatoms. The van der Waals surface area contributed by atoms with E-state index in [0.717, 1.165) is 37.8 Å². The summed E-state index contributed by atoms with van der Waals surface area (Å²) in [6.45, 7) is -0.290. The van der Waals surface area contributed by atoms with E-state index in [1.807, 2.05) is 4.68 Å². The Morgan fingerprint density at radius 3 is 2.52 bits per heavy atom. The maximum atomic E-state index is 12.5. The van der Waals surface area contributed by atoms with E-state index in [9.17, 15) is 18.0 Å². The van der Waals surface area contributed by atoms with Crippen LogP contribution in [0.4, 0.5) is 19.0 Å². The van der Waals surface area contributed by atoms with Crippen molar-refractivity contribution in [3.05, 3.63) is 42.1 Å². The number of carbonyl (C=O) groups is 1. The van der Waals surface area contributed by atoms with E-state index in [0.29, 0.717) is 11.9 Å². The summed E-state index contributed by atoms with van der Waals surface area (Å²) >= 11 is 0. The lowest BCUT2D eigenvalue weighted by Crippen LogP contribution is -2.23. The predicted octanol–water partition coefficient (Wildman–Crippen LogP) is 4.03. The van der Waals surface area contributed by atoms with E-state index < -0.39 is 11.7 Å². The number of anilines is 1. The standard InChI is InChI=1S/C17H18F3N3O2/c18-17(19,20)12-5-7-14(8-6-12)25-11-16(24)22-15-9-10-21-23(15)13-3-1-2-4-13/h5-10,13H,1-4,11H2,(H,22,24). The van der Waals surface area contributed by atoms with Crippen LogP contribution >= 0.6 is 0 Å². The lowest BCUT2D eigenvalue weighted by Gasteiger charge is -2.15. The zero-order valence-corrected chi connectivity index (χ0v) is 13.4. The van der Waals surface area contributed by atoms with Crippen LogP contribution in [0.3, 0.4) is 0 Å². The number of hydrogen-bond donors (Lipinski definition) is 1. The molecule has 1 aromatic heterocycles. The molecule has 2 aromatic rings. The number of ether oxygens (including phenoxy) is 1. The van der Waals surface area contributed by atoms with Crippen LogP contribution in [0.25, 0.3) is 0 Å². The Morgan fingerprint density at radius 1 is 1.20 bits per heavy atom. The summed E-state index contributed by atoms with van der Waals surface area (Å²) < 4.78 is 44.5. The molecule has 25 heavy (non-hydrogen) atoms. The molecule has 1 aromatic carbocycles. The Hall–Kier alpha value is -2.51. The van der Waals surface area contributed by atoms with Gasteiger partial charge in [-0.2, -0.15) is 18.3 Å². The zero-order chi connectivity index (χ0) is 17.9. The van der Waals surface area contributed by atoms with Crippen molar-refractivity contribution in [2.24, 2.45) is 0 Å². The number of hydrogen-bond acceptors (Lipinski definition) is 3. The number of alkyl halides is 3. The Bertz CT molecular complexity index is 719. The van der Waals surface area contributed by atoms with Crippen molar-refractivity contribution in [1.29, 1.82) is 0 Å². The molecule has 0 bridgehead atoms. The third-order valence-electron chi connectivity index (χ3n) is 4.16. The van der Waals surface area contributed by atoms with E-state index in [1.165, 1.54) is 12.1 Å². The Balaban J connectivity index is 1.54. The first-order chi connectivity index (χ1) is 11.9. The van der Waals surface area contributed by atoms with Crippen molar-refractivity contribution in [3.8, 4) is 5.75 Å². The number of nitrogens with zero attached hydrogens (tertiary/aromatic N) is 2. The van der Waals surface area contributed by atoms with E-state index in [2.05, 4.69) is 10.4 Å². The van der Waals surface area contributed by atoms with Gasteiger partial charge in [0.1, 0.15) is 11.6 Å². The molecular formula is C17H18F3N3O2. The molecule has 0 atom stereocenters. The zero-order valence-electron chi connectivity index (χ0n) is 13.4. The van der Waals surface area contributed by atoms with Crippen LogP contribution in [0, 0.1) is 0 Å². The van der Waals surface area contributed by atoms with Gasteiger partial charge in [-0.1, -0.05) is 12.8 Å². The minimum atomic E-state index is -4.39. The minimum Gasteiger partial charge on any atom is -0.484 e. The van der Waals surface area contributed by atoms with Gasteiger partial charge in [0, 0.05) is 6.07 Å². The summed E-state index contributed by atoms with van der Waals surface area (Å²) in [5.74, 6) is 0.417. The molecule has 0 radical (unpaired) electrons. The van der Waals surface area contributed by atoms with Gasteiger partial charge < -0.3 is 10.1 Å². The fraction of sp³-hybridized carbons (Fsp3) is 0.412. The lowest BCUT2D eigenvalue weighted by molar-refractivity contribution is -0.137. The second kappa shape index (κ2) is 7.16. The van der Waals surface area contributed by atoms with Crippen LogP contribution in [0.5, 0.6) is 5.75 Å². The SMILES string of the molecule is O=C(COc1ccc(C(F)(F)F)cc1)Nc1ccnn1C1CCCC1. The highest BCUT2D eigenvalue weighted by atomic mass is 19.4. The summed E-state index contributed by atoms with van der Waals surface area (Å²) in [6.07, 6.45) is 1.60. The number of halogens is 3. The summed E-state index contributed by atoms with van der Waals surface area (Å²) in [7, 11) is 0. The Kier molecular flexibility index (Phi) is 4.96. The first kappa shape index (κ1) is 17.3.